The van der Waals surface area contributed by atoms with E-state index >= 15 is 4.39 Å². The monoisotopic (exact) mass is 535 g/mol. The summed E-state index contributed by atoms with van der Waals surface area (Å²) in [7, 11) is 1.51. The third kappa shape index (κ3) is 5.77. The van der Waals surface area contributed by atoms with Gasteiger partial charge in [0.2, 0.25) is 5.88 Å². The zero-order valence-electron chi connectivity index (χ0n) is 22.7. The van der Waals surface area contributed by atoms with Crippen molar-refractivity contribution in [1.82, 2.24) is 4.98 Å². The molecule has 0 radical (unpaired) electrons. The molecular formula is C32H35F2NO4. The van der Waals surface area contributed by atoms with Crippen molar-refractivity contribution in [1.29, 1.82) is 0 Å². The number of carboxylic acids is 1. The van der Waals surface area contributed by atoms with Gasteiger partial charge >= 0.3 is 5.97 Å². The van der Waals surface area contributed by atoms with Gasteiger partial charge in [0.25, 0.3) is 0 Å². The Morgan fingerprint density at radius 2 is 1.92 bits per heavy atom. The highest BCUT2D eigenvalue weighted by molar-refractivity contribution is 5.70. The van der Waals surface area contributed by atoms with Crippen molar-refractivity contribution < 1.29 is 28.2 Å². The number of benzene rings is 2. The molecular weight excluding hydrogens is 500 g/mol. The Kier molecular flexibility index (Phi) is 7.61. The number of methoxy groups -OCH3 is 1. The molecule has 1 aromatic heterocycles. The van der Waals surface area contributed by atoms with Gasteiger partial charge in [-0.15, -0.1) is 0 Å². The molecule has 0 amide bonds. The highest BCUT2D eigenvalue weighted by atomic mass is 19.1. The normalized spacial score (nSPS) is 19.1. The van der Waals surface area contributed by atoms with Gasteiger partial charge in [0.1, 0.15) is 12.4 Å². The van der Waals surface area contributed by atoms with E-state index in [1.54, 1.807) is 24.3 Å². The van der Waals surface area contributed by atoms with Crippen molar-refractivity contribution in [2.75, 3.05) is 7.11 Å². The number of nitrogens with zero attached hydrogens (tertiary/aromatic N) is 1. The van der Waals surface area contributed by atoms with Crippen LogP contribution in [0.25, 0.3) is 11.1 Å². The van der Waals surface area contributed by atoms with Crippen LogP contribution in [0.1, 0.15) is 80.9 Å². The fraction of sp³-hybridized carbons (Fsp3) is 0.438. The molecule has 2 aliphatic carbocycles. The average Bonchev–Trinajstić information content (AvgIpc) is 3.69. The van der Waals surface area contributed by atoms with E-state index in [1.807, 2.05) is 12.1 Å². The number of hydrogen-bond donors (Lipinski definition) is 1. The van der Waals surface area contributed by atoms with Crippen LogP contribution in [0.5, 0.6) is 11.6 Å². The highest BCUT2D eigenvalue weighted by Gasteiger charge is 2.38. The summed E-state index contributed by atoms with van der Waals surface area (Å²) in [6.45, 7) is 4.63. The molecule has 0 saturated heterocycles. The van der Waals surface area contributed by atoms with Gasteiger partial charge in [-0.3, -0.25) is 4.79 Å². The fourth-order valence-corrected chi connectivity index (χ4v) is 6.18. The molecule has 0 aliphatic heterocycles. The highest BCUT2D eigenvalue weighted by Crippen LogP contribution is 2.51. The number of pyridine rings is 1. The Morgan fingerprint density at radius 3 is 2.59 bits per heavy atom. The van der Waals surface area contributed by atoms with E-state index in [9.17, 15) is 14.3 Å². The van der Waals surface area contributed by atoms with Crippen LogP contribution in [-0.2, 0) is 11.4 Å². The van der Waals surface area contributed by atoms with Crippen LogP contribution in [0.3, 0.4) is 0 Å². The lowest BCUT2D eigenvalue weighted by atomic mass is 9.75. The molecule has 2 saturated carbocycles. The number of aliphatic carboxylic acids is 1. The van der Waals surface area contributed by atoms with E-state index in [0.29, 0.717) is 17.0 Å². The lowest BCUT2D eigenvalue weighted by Crippen LogP contribution is -2.17. The van der Waals surface area contributed by atoms with Crippen molar-refractivity contribution in [2.24, 2.45) is 11.3 Å². The largest absolute Gasteiger partial charge is 0.486 e. The molecule has 3 aromatic rings. The molecule has 2 aromatic carbocycles. The predicted molar refractivity (Wildman–Crippen MR) is 145 cm³/mol. The van der Waals surface area contributed by atoms with Gasteiger partial charge in [0, 0.05) is 17.5 Å². The first kappa shape index (κ1) is 27.1. The molecule has 39 heavy (non-hydrogen) atoms. The number of carbonyl (C=O) groups is 1. The van der Waals surface area contributed by atoms with Crippen LogP contribution in [0.15, 0.2) is 48.7 Å². The Morgan fingerprint density at radius 1 is 1.13 bits per heavy atom. The van der Waals surface area contributed by atoms with Crippen molar-refractivity contribution >= 4 is 5.97 Å². The standard InChI is InChI=1S/C32H35F2NO4/c1-32(2)13-5-7-26(32)24-14-19(9-12-21(24)25-15-29(38-3)35-17-27(25)33)18-39-28-8-4-6-22(31(28)34)23(16-30(36)37)20-10-11-20/h4,6,8-9,12,14-15,17,20,23,26H,5,7,10-11,13,16,18H2,1-3H3,(H,36,37)/t23?,26-/m0/s1. The van der Waals surface area contributed by atoms with E-state index in [4.69, 9.17) is 9.47 Å². The second kappa shape index (κ2) is 10.9. The molecule has 2 aliphatic rings. The average molecular weight is 536 g/mol. The number of hydrogen-bond acceptors (Lipinski definition) is 4. The van der Waals surface area contributed by atoms with Crippen LogP contribution in [0.2, 0.25) is 0 Å². The smallest absolute Gasteiger partial charge is 0.303 e. The number of ether oxygens (including phenoxy) is 2. The van der Waals surface area contributed by atoms with Gasteiger partial charge < -0.3 is 14.6 Å². The molecule has 2 fully saturated rings. The third-order valence-corrected chi connectivity index (χ3v) is 8.45. The summed E-state index contributed by atoms with van der Waals surface area (Å²) in [5, 5.41) is 9.35. The Labute approximate surface area is 228 Å². The minimum absolute atomic E-state index is 0.0459. The summed E-state index contributed by atoms with van der Waals surface area (Å²) in [6.07, 6.45) is 6.09. The van der Waals surface area contributed by atoms with Gasteiger partial charge in [0.15, 0.2) is 11.6 Å². The Hall–Kier alpha value is -3.48. The van der Waals surface area contributed by atoms with Gasteiger partial charge in [-0.25, -0.2) is 13.8 Å². The quantitative estimate of drug-likeness (QED) is 0.286. The maximum atomic E-state index is 15.5. The topological polar surface area (TPSA) is 68.7 Å². The molecule has 2 atom stereocenters. The van der Waals surface area contributed by atoms with Gasteiger partial charge in [-0.1, -0.05) is 50.6 Å². The van der Waals surface area contributed by atoms with E-state index in [-0.39, 0.29) is 41.9 Å². The van der Waals surface area contributed by atoms with E-state index in [0.717, 1.165) is 48.8 Å². The van der Waals surface area contributed by atoms with E-state index in [2.05, 4.69) is 24.9 Å². The zero-order chi connectivity index (χ0) is 27.7. The second-order valence-electron chi connectivity index (χ2n) is 11.6. The molecule has 0 bridgehead atoms. The number of halogens is 2. The molecule has 5 rings (SSSR count). The van der Waals surface area contributed by atoms with Crippen molar-refractivity contribution in [3.63, 3.8) is 0 Å². The number of rotatable bonds is 10. The number of carboxylic acid groups (broad SMARTS) is 1. The molecule has 5 nitrogen and oxygen atoms in total. The first-order chi connectivity index (χ1) is 18.7. The first-order valence-electron chi connectivity index (χ1n) is 13.6. The second-order valence-corrected chi connectivity index (χ2v) is 11.6. The molecule has 1 N–H and O–H groups in total. The predicted octanol–water partition coefficient (Wildman–Crippen LogP) is 7.88. The van der Waals surface area contributed by atoms with Gasteiger partial charge in [0.05, 0.1) is 19.7 Å². The van der Waals surface area contributed by atoms with E-state index in [1.165, 1.54) is 13.3 Å². The summed E-state index contributed by atoms with van der Waals surface area (Å²) in [5.41, 5.74) is 3.58. The van der Waals surface area contributed by atoms with Crippen molar-refractivity contribution in [3.8, 4) is 22.8 Å². The van der Waals surface area contributed by atoms with Crippen LogP contribution in [-0.4, -0.2) is 23.2 Å². The Balaban J connectivity index is 1.46. The van der Waals surface area contributed by atoms with E-state index < -0.39 is 17.6 Å². The maximum absolute atomic E-state index is 15.5. The molecule has 7 heteroatoms. The lowest BCUT2D eigenvalue weighted by Gasteiger charge is -2.30. The van der Waals surface area contributed by atoms with Crippen LogP contribution >= 0.6 is 0 Å². The minimum atomic E-state index is -0.927. The van der Waals surface area contributed by atoms with Crippen molar-refractivity contribution in [3.05, 3.63) is 77.0 Å². The van der Waals surface area contributed by atoms with Crippen molar-refractivity contribution in [2.45, 2.75) is 70.8 Å². The summed E-state index contributed by atoms with van der Waals surface area (Å²) in [4.78, 5) is 15.4. The summed E-state index contributed by atoms with van der Waals surface area (Å²) >= 11 is 0. The summed E-state index contributed by atoms with van der Waals surface area (Å²) in [6, 6.07) is 12.4. The van der Waals surface area contributed by atoms with Gasteiger partial charge in [-0.05, 0) is 71.3 Å². The Bertz CT molecular complexity index is 1370. The molecule has 1 unspecified atom stereocenters. The maximum Gasteiger partial charge on any atom is 0.303 e. The van der Waals surface area contributed by atoms with Gasteiger partial charge in [-0.2, -0.15) is 0 Å². The zero-order valence-corrected chi connectivity index (χ0v) is 22.7. The fourth-order valence-electron chi connectivity index (χ4n) is 6.18. The third-order valence-electron chi connectivity index (χ3n) is 8.45. The summed E-state index contributed by atoms with van der Waals surface area (Å²) in [5.74, 6) is -1.31. The molecule has 1 heterocycles. The SMILES string of the molecule is COc1cc(-c2ccc(COc3cccc(C(CC(=O)O)C4CC4)c3F)cc2[C@@H]2CCCC2(C)C)c(F)cn1. The molecule has 0 spiro atoms. The number of aromatic nitrogens is 1. The minimum Gasteiger partial charge on any atom is -0.486 e. The first-order valence-corrected chi connectivity index (χ1v) is 13.6. The summed E-state index contributed by atoms with van der Waals surface area (Å²) < 4.78 is 41.7. The lowest BCUT2D eigenvalue weighted by molar-refractivity contribution is -0.137. The van der Waals surface area contributed by atoms with Crippen LogP contribution in [0, 0.1) is 23.0 Å². The van der Waals surface area contributed by atoms with Crippen LogP contribution < -0.4 is 9.47 Å². The molecule has 206 valence electrons. The van der Waals surface area contributed by atoms with Crippen LogP contribution in [0.4, 0.5) is 8.78 Å².